The van der Waals surface area contributed by atoms with Crippen LogP contribution in [-0.2, 0) is 11.2 Å². The van der Waals surface area contributed by atoms with Crippen molar-refractivity contribution in [1.29, 1.82) is 0 Å². The molecular weight excluding hydrogens is 266 g/mol. The molecule has 19 heavy (non-hydrogen) atoms. The molecule has 5 heteroatoms. The average Bonchev–Trinajstić information content (AvgIpc) is 2.36. The van der Waals surface area contributed by atoms with Crippen LogP contribution in [0.5, 0.6) is 11.5 Å². The highest BCUT2D eigenvalue weighted by Gasteiger charge is 2.10. The zero-order valence-electron chi connectivity index (χ0n) is 9.97. The minimum atomic E-state index is -0.935. The van der Waals surface area contributed by atoms with Gasteiger partial charge >= 0.3 is 5.97 Å². The number of ether oxygens (including phenoxy) is 1. The molecule has 0 atom stereocenters. The molecule has 3 N–H and O–H groups in total. The number of para-hydroxylation sites is 1. The highest BCUT2D eigenvalue weighted by Crippen LogP contribution is 2.30. The Morgan fingerprint density at radius 1 is 1.21 bits per heavy atom. The number of carboxylic acids is 1. The fraction of sp³-hybridized carbons (Fsp3) is 0.0714. The smallest absolute Gasteiger partial charge is 0.307 e. The predicted molar refractivity (Wildman–Crippen MR) is 73.7 cm³/mol. The average molecular weight is 278 g/mol. The van der Waals surface area contributed by atoms with E-state index in [-0.39, 0.29) is 6.42 Å². The maximum atomic E-state index is 10.7. The molecule has 98 valence electrons. The van der Waals surface area contributed by atoms with E-state index in [1.54, 1.807) is 42.5 Å². The number of carbonyl (C=O) groups is 1. The van der Waals surface area contributed by atoms with Gasteiger partial charge in [-0.25, -0.2) is 0 Å². The Morgan fingerprint density at radius 2 is 1.89 bits per heavy atom. The van der Waals surface area contributed by atoms with Gasteiger partial charge in [0.15, 0.2) is 5.75 Å². The van der Waals surface area contributed by atoms with Gasteiger partial charge in [-0.2, -0.15) is 0 Å². The monoisotopic (exact) mass is 277 g/mol. The number of anilines is 1. The number of nitrogens with two attached hydrogens (primary N) is 1. The molecule has 0 aliphatic heterocycles. The van der Waals surface area contributed by atoms with E-state index in [9.17, 15) is 4.79 Å². The van der Waals surface area contributed by atoms with Crippen LogP contribution in [0.1, 0.15) is 5.56 Å². The van der Waals surface area contributed by atoms with Gasteiger partial charge in [0.05, 0.1) is 12.1 Å². The first-order valence-electron chi connectivity index (χ1n) is 5.59. The predicted octanol–water partition coefficient (Wildman–Crippen LogP) is 3.34. The minimum Gasteiger partial charge on any atom is -0.481 e. The van der Waals surface area contributed by atoms with Crippen molar-refractivity contribution in [2.75, 3.05) is 5.73 Å². The van der Waals surface area contributed by atoms with Crippen LogP contribution in [0.4, 0.5) is 5.69 Å². The van der Waals surface area contributed by atoms with E-state index in [1.807, 2.05) is 0 Å². The topological polar surface area (TPSA) is 72.6 Å². The Kier molecular flexibility index (Phi) is 3.92. The van der Waals surface area contributed by atoms with E-state index in [1.165, 1.54) is 0 Å². The summed E-state index contributed by atoms with van der Waals surface area (Å²) in [7, 11) is 0. The van der Waals surface area contributed by atoms with Crippen molar-refractivity contribution in [3.8, 4) is 11.5 Å². The maximum Gasteiger partial charge on any atom is 0.307 e. The van der Waals surface area contributed by atoms with Gasteiger partial charge in [0, 0.05) is 5.02 Å². The lowest BCUT2D eigenvalue weighted by Gasteiger charge is -2.11. The molecule has 0 saturated heterocycles. The SMILES string of the molecule is Nc1c(CC(=O)O)cccc1Oc1ccc(Cl)cc1. The summed E-state index contributed by atoms with van der Waals surface area (Å²) < 4.78 is 5.61. The zero-order chi connectivity index (χ0) is 13.8. The lowest BCUT2D eigenvalue weighted by molar-refractivity contribution is -0.136. The van der Waals surface area contributed by atoms with Crippen molar-refractivity contribution in [3.05, 3.63) is 53.1 Å². The summed E-state index contributed by atoms with van der Waals surface area (Å²) in [5.41, 5.74) is 6.75. The summed E-state index contributed by atoms with van der Waals surface area (Å²) in [4.78, 5) is 10.7. The Bertz CT molecular complexity index is 596. The van der Waals surface area contributed by atoms with Crippen molar-refractivity contribution in [2.45, 2.75) is 6.42 Å². The Hall–Kier alpha value is -2.20. The molecule has 0 spiro atoms. The quantitative estimate of drug-likeness (QED) is 0.841. The molecule has 2 aromatic rings. The third-order valence-corrected chi connectivity index (χ3v) is 2.79. The first kappa shape index (κ1) is 13.2. The molecule has 2 aromatic carbocycles. The van der Waals surface area contributed by atoms with Gasteiger partial charge in [-0.05, 0) is 35.9 Å². The van der Waals surface area contributed by atoms with Gasteiger partial charge in [-0.1, -0.05) is 23.7 Å². The Labute approximate surface area is 115 Å². The molecule has 0 bridgehead atoms. The van der Waals surface area contributed by atoms with Gasteiger partial charge < -0.3 is 15.6 Å². The molecule has 0 unspecified atom stereocenters. The van der Waals surface area contributed by atoms with E-state index in [0.717, 1.165) is 0 Å². The van der Waals surface area contributed by atoms with Gasteiger partial charge in [0.2, 0.25) is 0 Å². The standard InChI is InChI=1S/C14H12ClNO3/c15-10-4-6-11(7-5-10)19-12-3-1-2-9(14(12)16)8-13(17)18/h1-7H,8,16H2,(H,17,18). The molecule has 0 saturated carbocycles. The molecular formula is C14H12ClNO3. The van der Waals surface area contributed by atoms with Crippen molar-refractivity contribution >= 4 is 23.3 Å². The minimum absolute atomic E-state index is 0.135. The summed E-state index contributed by atoms with van der Waals surface area (Å²) in [6.07, 6.45) is -0.135. The van der Waals surface area contributed by atoms with Crippen LogP contribution >= 0.6 is 11.6 Å². The first-order valence-corrected chi connectivity index (χ1v) is 5.96. The van der Waals surface area contributed by atoms with E-state index in [2.05, 4.69) is 0 Å². The number of rotatable bonds is 4. The number of halogens is 1. The van der Waals surface area contributed by atoms with Gasteiger partial charge in [0.25, 0.3) is 0 Å². The summed E-state index contributed by atoms with van der Waals surface area (Å²) in [5.74, 6) is 0.0833. The second-order valence-electron chi connectivity index (χ2n) is 3.96. The van der Waals surface area contributed by atoms with Crippen LogP contribution in [0.15, 0.2) is 42.5 Å². The molecule has 0 fully saturated rings. The van der Waals surface area contributed by atoms with E-state index < -0.39 is 5.97 Å². The molecule has 0 aromatic heterocycles. The fourth-order valence-electron chi connectivity index (χ4n) is 1.63. The lowest BCUT2D eigenvalue weighted by atomic mass is 10.1. The van der Waals surface area contributed by atoms with Crippen molar-refractivity contribution in [2.24, 2.45) is 0 Å². The van der Waals surface area contributed by atoms with Gasteiger partial charge in [-0.15, -0.1) is 0 Å². The number of hydrogen-bond acceptors (Lipinski definition) is 3. The fourth-order valence-corrected chi connectivity index (χ4v) is 1.75. The maximum absolute atomic E-state index is 10.7. The molecule has 0 amide bonds. The Balaban J connectivity index is 2.25. The highest BCUT2D eigenvalue weighted by atomic mass is 35.5. The number of aliphatic carboxylic acids is 1. The third kappa shape index (κ3) is 3.39. The summed E-state index contributed by atoms with van der Waals surface area (Å²) >= 11 is 5.78. The van der Waals surface area contributed by atoms with Crippen LogP contribution in [0.2, 0.25) is 5.02 Å². The zero-order valence-corrected chi connectivity index (χ0v) is 10.7. The van der Waals surface area contributed by atoms with Crippen LogP contribution in [0, 0.1) is 0 Å². The van der Waals surface area contributed by atoms with E-state index in [4.69, 9.17) is 27.2 Å². The molecule has 0 aliphatic rings. The first-order chi connectivity index (χ1) is 9.06. The van der Waals surface area contributed by atoms with Gasteiger partial charge in [-0.3, -0.25) is 4.79 Å². The lowest BCUT2D eigenvalue weighted by Crippen LogP contribution is -2.04. The third-order valence-electron chi connectivity index (χ3n) is 2.54. The summed E-state index contributed by atoms with van der Waals surface area (Å²) in [6, 6.07) is 11.9. The second kappa shape index (κ2) is 5.63. The van der Waals surface area contributed by atoms with Crippen molar-refractivity contribution in [1.82, 2.24) is 0 Å². The molecule has 0 radical (unpaired) electrons. The second-order valence-corrected chi connectivity index (χ2v) is 4.39. The molecule has 0 aliphatic carbocycles. The highest BCUT2D eigenvalue weighted by molar-refractivity contribution is 6.30. The summed E-state index contributed by atoms with van der Waals surface area (Å²) in [5, 5.41) is 9.40. The van der Waals surface area contributed by atoms with Crippen molar-refractivity contribution in [3.63, 3.8) is 0 Å². The largest absolute Gasteiger partial charge is 0.481 e. The number of nitrogen functional groups attached to an aromatic ring is 1. The molecule has 4 nitrogen and oxygen atoms in total. The van der Waals surface area contributed by atoms with Gasteiger partial charge in [0.1, 0.15) is 5.75 Å². The number of carboxylic acid groups (broad SMARTS) is 1. The number of hydrogen-bond donors (Lipinski definition) is 2. The van der Waals surface area contributed by atoms with Crippen LogP contribution in [-0.4, -0.2) is 11.1 Å². The van der Waals surface area contributed by atoms with Crippen molar-refractivity contribution < 1.29 is 14.6 Å². The number of benzene rings is 2. The van der Waals surface area contributed by atoms with E-state index in [0.29, 0.717) is 27.8 Å². The van der Waals surface area contributed by atoms with Crippen LogP contribution in [0.25, 0.3) is 0 Å². The Morgan fingerprint density at radius 3 is 2.53 bits per heavy atom. The normalized spacial score (nSPS) is 10.2. The van der Waals surface area contributed by atoms with E-state index >= 15 is 0 Å². The molecule has 0 heterocycles. The molecule has 2 rings (SSSR count). The summed E-state index contributed by atoms with van der Waals surface area (Å²) in [6.45, 7) is 0. The van der Waals surface area contributed by atoms with Crippen LogP contribution in [0.3, 0.4) is 0 Å². The van der Waals surface area contributed by atoms with Crippen LogP contribution < -0.4 is 10.5 Å².